The van der Waals surface area contributed by atoms with Crippen LogP contribution in [0.3, 0.4) is 0 Å². The Bertz CT molecular complexity index is 610. The smallest absolute Gasteiger partial charge is 0.406 e. The Hall–Kier alpha value is -1.75. The van der Waals surface area contributed by atoms with Crippen molar-refractivity contribution in [2.24, 2.45) is 0 Å². The van der Waals surface area contributed by atoms with Crippen LogP contribution in [-0.4, -0.2) is 6.36 Å². The van der Waals surface area contributed by atoms with Gasteiger partial charge in [0.05, 0.1) is 0 Å². The average molecular weight is 305 g/mol. The molecule has 2 rings (SSSR count). The van der Waals surface area contributed by atoms with E-state index >= 15 is 0 Å². The Kier molecular flexibility index (Phi) is 4.18. The van der Waals surface area contributed by atoms with Crippen LogP contribution in [0.2, 0.25) is 0 Å². The molecular weight excluding hydrogens is 296 g/mol. The first kappa shape index (κ1) is 14.7. The molecule has 0 aliphatic heterocycles. The lowest BCUT2D eigenvalue weighted by molar-refractivity contribution is -0.274. The largest absolute Gasteiger partial charge is 0.573 e. The predicted molar refractivity (Wildman–Crippen MR) is 68.1 cm³/mol. The third-order valence-electron chi connectivity index (χ3n) is 2.56. The van der Waals surface area contributed by atoms with Crippen molar-refractivity contribution in [1.82, 2.24) is 0 Å². The average Bonchev–Trinajstić information content (AvgIpc) is 2.37. The lowest BCUT2D eigenvalue weighted by Crippen LogP contribution is -2.17. The fourth-order valence-corrected chi connectivity index (χ4v) is 1.90. The molecule has 1 nitrogen and oxygen atoms in total. The van der Waals surface area contributed by atoms with Crippen LogP contribution < -0.4 is 4.74 Å². The van der Waals surface area contributed by atoms with Gasteiger partial charge in [0.2, 0.25) is 0 Å². The van der Waals surface area contributed by atoms with Gasteiger partial charge in [0.1, 0.15) is 11.6 Å². The van der Waals surface area contributed by atoms with Gasteiger partial charge in [0.15, 0.2) is 0 Å². The molecule has 0 saturated carbocycles. The molecule has 0 saturated heterocycles. The summed E-state index contributed by atoms with van der Waals surface area (Å²) in [6.45, 7) is 0. The topological polar surface area (TPSA) is 9.23 Å². The second-order valence-corrected chi connectivity index (χ2v) is 4.29. The van der Waals surface area contributed by atoms with Crippen LogP contribution in [0.25, 0.3) is 11.1 Å². The summed E-state index contributed by atoms with van der Waals surface area (Å²) in [5.41, 5.74) is 1.14. The van der Waals surface area contributed by atoms with Gasteiger partial charge in [-0.05, 0) is 35.4 Å². The van der Waals surface area contributed by atoms with E-state index in [1.165, 1.54) is 30.3 Å². The van der Waals surface area contributed by atoms with Crippen molar-refractivity contribution in [1.29, 1.82) is 0 Å². The monoisotopic (exact) mass is 304 g/mol. The fraction of sp³-hybridized carbons (Fsp3) is 0.143. The van der Waals surface area contributed by atoms with Crippen molar-refractivity contribution >= 4 is 11.6 Å². The summed E-state index contributed by atoms with van der Waals surface area (Å²) in [5, 5.41) is 0. The Morgan fingerprint density at radius 2 is 1.80 bits per heavy atom. The molecule has 0 bridgehead atoms. The maximum atomic E-state index is 13.8. The molecule has 0 radical (unpaired) electrons. The highest BCUT2D eigenvalue weighted by molar-refractivity contribution is 6.17. The quantitative estimate of drug-likeness (QED) is 0.564. The first-order chi connectivity index (χ1) is 9.39. The van der Waals surface area contributed by atoms with E-state index in [1.807, 2.05) is 0 Å². The van der Waals surface area contributed by atoms with Gasteiger partial charge in [-0.15, -0.1) is 24.8 Å². The number of benzene rings is 2. The number of alkyl halides is 4. The van der Waals surface area contributed by atoms with Crippen molar-refractivity contribution in [2.45, 2.75) is 12.2 Å². The highest BCUT2D eigenvalue weighted by Gasteiger charge is 2.31. The molecule has 0 heterocycles. The van der Waals surface area contributed by atoms with Gasteiger partial charge in [-0.25, -0.2) is 4.39 Å². The Morgan fingerprint density at radius 3 is 2.45 bits per heavy atom. The zero-order chi connectivity index (χ0) is 14.8. The molecule has 0 atom stereocenters. The number of ether oxygens (including phenoxy) is 1. The number of rotatable bonds is 3. The highest BCUT2D eigenvalue weighted by Crippen LogP contribution is 2.30. The third-order valence-corrected chi connectivity index (χ3v) is 2.87. The first-order valence-corrected chi connectivity index (χ1v) is 6.13. The van der Waals surface area contributed by atoms with Crippen molar-refractivity contribution in [3.63, 3.8) is 0 Å². The van der Waals surface area contributed by atoms with E-state index in [1.54, 1.807) is 0 Å². The van der Waals surface area contributed by atoms with Crippen LogP contribution in [0, 0.1) is 5.82 Å². The summed E-state index contributed by atoms with van der Waals surface area (Å²) < 4.78 is 54.0. The maximum absolute atomic E-state index is 13.8. The molecule has 6 heteroatoms. The minimum absolute atomic E-state index is 0.177. The molecule has 0 amide bonds. The van der Waals surface area contributed by atoms with Crippen LogP contribution in [0.4, 0.5) is 17.6 Å². The zero-order valence-electron chi connectivity index (χ0n) is 10.0. The van der Waals surface area contributed by atoms with Gasteiger partial charge in [-0.2, -0.15) is 0 Å². The molecule has 0 fully saturated rings. The minimum atomic E-state index is -4.78. The Balaban J connectivity index is 2.40. The molecule has 2 aromatic rings. The fourth-order valence-electron chi connectivity index (χ4n) is 1.74. The minimum Gasteiger partial charge on any atom is -0.406 e. The molecule has 20 heavy (non-hydrogen) atoms. The van der Waals surface area contributed by atoms with Crippen LogP contribution in [0.5, 0.6) is 5.75 Å². The standard InChI is InChI=1S/C14H9ClF4O/c15-8-9-4-5-13(16)12(6-9)10-2-1-3-11(7-10)20-14(17,18)19/h1-7H,8H2. The molecule has 0 unspecified atom stereocenters. The van der Waals surface area contributed by atoms with Crippen molar-refractivity contribution < 1.29 is 22.3 Å². The summed E-state index contributed by atoms with van der Waals surface area (Å²) in [4.78, 5) is 0. The highest BCUT2D eigenvalue weighted by atomic mass is 35.5. The van der Waals surface area contributed by atoms with Crippen LogP contribution in [0.1, 0.15) is 5.56 Å². The van der Waals surface area contributed by atoms with E-state index in [4.69, 9.17) is 11.6 Å². The summed E-state index contributed by atoms with van der Waals surface area (Å²) in [6.07, 6.45) is -4.78. The van der Waals surface area contributed by atoms with Crippen molar-refractivity contribution in [3.05, 3.63) is 53.8 Å². The second kappa shape index (κ2) is 5.71. The van der Waals surface area contributed by atoms with Crippen LogP contribution >= 0.6 is 11.6 Å². The number of halogens is 5. The van der Waals surface area contributed by atoms with Crippen molar-refractivity contribution in [3.8, 4) is 16.9 Å². The van der Waals surface area contributed by atoms with Gasteiger partial charge in [-0.1, -0.05) is 18.2 Å². The Labute approximate surface area is 117 Å². The van der Waals surface area contributed by atoms with E-state index < -0.39 is 17.9 Å². The first-order valence-electron chi connectivity index (χ1n) is 5.59. The lowest BCUT2D eigenvalue weighted by atomic mass is 10.0. The predicted octanol–water partition coefficient (Wildman–Crippen LogP) is 5.13. The maximum Gasteiger partial charge on any atom is 0.573 e. The van der Waals surface area contributed by atoms with Gasteiger partial charge >= 0.3 is 6.36 Å². The Morgan fingerprint density at radius 1 is 1.05 bits per heavy atom. The molecule has 2 aromatic carbocycles. The van der Waals surface area contributed by atoms with E-state index in [0.29, 0.717) is 5.56 Å². The van der Waals surface area contributed by atoms with Gasteiger partial charge in [-0.3, -0.25) is 0 Å². The van der Waals surface area contributed by atoms with E-state index in [-0.39, 0.29) is 17.0 Å². The third kappa shape index (κ3) is 3.63. The summed E-state index contributed by atoms with van der Waals surface area (Å²) in [6, 6.07) is 9.38. The van der Waals surface area contributed by atoms with Gasteiger partial charge in [0, 0.05) is 11.4 Å². The molecule has 106 valence electrons. The molecule has 0 aromatic heterocycles. The van der Waals surface area contributed by atoms with Crippen LogP contribution in [0.15, 0.2) is 42.5 Å². The molecule has 0 aliphatic rings. The SMILES string of the molecule is Fc1ccc(CCl)cc1-c1cccc(OC(F)(F)F)c1. The van der Waals surface area contributed by atoms with E-state index in [9.17, 15) is 17.6 Å². The normalized spacial score (nSPS) is 11.4. The number of hydrogen-bond acceptors (Lipinski definition) is 1. The number of hydrogen-bond donors (Lipinski definition) is 0. The van der Waals surface area contributed by atoms with E-state index in [2.05, 4.69) is 4.74 Å². The van der Waals surface area contributed by atoms with Crippen LogP contribution in [-0.2, 0) is 5.88 Å². The second-order valence-electron chi connectivity index (χ2n) is 4.02. The lowest BCUT2D eigenvalue weighted by Gasteiger charge is -2.11. The summed E-state index contributed by atoms with van der Waals surface area (Å²) in [7, 11) is 0. The van der Waals surface area contributed by atoms with Crippen molar-refractivity contribution in [2.75, 3.05) is 0 Å². The summed E-state index contributed by atoms with van der Waals surface area (Å²) in [5.74, 6) is -0.750. The van der Waals surface area contributed by atoms with Gasteiger partial charge in [0.25, 0.3) is 0 Å². The molecule has 0 aliphatic carbocycles. The zero-order valence-corrected chi connectivity index (χ0v) is 10.8. The molecule has 0 N–H and O–H groups in total. The molecular formula is C14H9ClF4O. The molecule has 0 spiro atoms. The van der Waals surface area contributed by atoms with Gasteiger partial charge < -0.3 is 4.74 Å². The summed E-state index contributed by atoms with van der Waals surface area (Å²) >= 11 is 5.66. The van der Waals surface area contributed by atoms with E-state index in [0.717, 1.165) is 12.1 Å².